The highest BCUT2D eigenvalue weighted by atomic mass is 16.5. The zero-order valence-corrected chi connectivity index (χ0v) is 10.6. The van der Waals surface area contributed by atoms with Crippen molar-refractivity contribution < 1.29 is 4.74 Å². The third-order valence-electron chi connectivity index (χ3n) is 3.42. The standard InChI is InChI=1S/C14H15N3O2/c18-16-14-12(10-17-6-8-19-9-7-17)4-3-11-2-1-5-15-13(11)14/h1-5H,6-10H2. The molecule has 1 aliphatic heterocycles. The van der Waals surface area contributed by atoms with Gasteiger partial charge in [0.15, 0.2) is 0 Å². The van der Waals surface area contributed by atoms with Crippen LogP contribution < -0.4 is 0 Å². The molecule has 1 fully saturated rings. The highest BCUT2D eigenvalue weighted by molar-refractivity contribution is 5.90. The van der Waals surface area contributed by atoms with Gasteiger partial charge in [-0.15, -0.1) is 4.91 Å². The van der Waals surface area contributed by atoms with Gasteiger partial charge in [0.05, 0.1) is 18.7 Å². The van der Waals surface area contributed by atoms with Crippen LogP contribution >= 0.6 is 0 Å². The zero-order valence-electron chi connectivity index (χ0n) is 10.6. The molecule has 0 spiro atoms. The minimum absolute atomic E-state index is 0.463. The van der Waals surface area contributed by atoms with Crippen LogP contribution in [0.15, 0.2) is 35.6 Å². The van der Waals surface area contributed by atoms with E-state index in [1.165, 1.54) is 0 Å². The van der Waals surface area contributed by atoms with Crippen molar-refractivity contribution in [3.63, 3.8) is 0 Å². The van der Waals surface area contributed by atoms with Crippen molar-refractivity contribution >= 4 is 16.6 Å². The number of hydrogen-bond donors (Lipinski definition) is 0. The predicted molar refractivity (Wildman–Crippen MR) is 73.3 cm³/mol. The van der Waals surface area contributed by atoms with Crippen LogP contribution in [0.2, 0.25) is 0 Å². The fraction of sp³-hybridized carbons (Fsp3) is 0.357. The van der Waals surface area contributed by atoms with Gasteiger partial charge in [-0.2, -0.15) is 0 Å². The fourth-order valence-electron chi connectivity index (χ4n) is 2.40. The first kappa shape index (κ1) is 12.2. The van der Waals surface area contributed by atoms with Crippen molar-refractivity contribution in [1.82, 2.24) is 9.88 Å². The number of fused-ring (bicyclic) bond motifs is 1. The molecule has 1 saturated heterocycles. The Labute approximate surface area is 111 Å². The Balaban J connectivity index is 1.96. The average Bonchev–Trinajstić information content (AvgIpc) is 2.48. The van der Waals surface area contributed by atoms with Gasteiger partial charge in [0.1, 0.15) is 5.69 Å². The Hall–Kier alpha value is -1.85. The number of ether oxygens (including phenoxy) is 1. The van der Waals surface area contributed by atoms with E-state index in [1.54, 1.807) is 6.20 Å². The van der Waals surface area contributed by atoms with Crippen LogP contribution in [-0.2, 0) is 11.3 Å². The number of morpholine rings is 1. The topological polar surface area (TPSA) is 54.8 Å². The highest BCUT2D eigenvalue weighted by Gasteiger charge is 2.15. The van der Waals surface area contributed by atoms with Gasteiger partial charge in [-0.25, -0.2) is 0 Å². The van der Waals surface area contributed by atoms with Crippen LogP contribution in [-0.4, -0.2) is 36.2 Å². The number of rotatable bonds is 3. The van der Waals surface area contributed by atoms with E-state index in [4.69, 9.17) is 4.74 Å². The quantitative estimate of drug-likeness (QED) is 0.793. The third kappa shape index (κ3) is 2.47. The molecule has 0 atom stereocenters. The number of aromatic nitrogens is 1. The first-order chi connectivity index (χ1) is 9.38. The minimum atomic E-state index is 0.463. The van der Waals surface area contributed by atoms with Gasteiger partial charge in [-0.1, -0.05) is 18.2 Å². The van der Waals surface area contributed by atoms with Gasteiger partial charge < -0.3 is 4.74 Å². The fourth-order valence-corrected chi connectivity index (χ4v) is 2.40. The van der Waals surface area contributed by atoms with E-state index in [0.29, 0.717) is 11.2 Å². The molecule has 0 radical (unpaired) electrons. The average molecular weight is 257 g/mol. The number of benzene rings is 1. The monoisotopic (exact) mass is 257 g/mol. The summed E-state index contributed by atoms with van der Waals surface area (Å²) < 4.78 is 5.33. The van der Waals surface area contributed by atoms with Crippen LogP contribution in [0.3, 0.4) is 0 Å². The summed E-state index contributed by atoms with van der Waals surface area (Å²) in [7, 11) is 0. The van der Waals surface area contributed by atoms with Gasteiger partial charge >= 0.3 is 0 Å². The van der Waals surface area contributed by atoms with E-state index in [9.17, 15) is 4.91 Å². The number of nitrogens with zero attached hydrogens (tertiary/aromatic N) is 3. The minimum Gasteiger partial charge on any atom is -0.379 e. The lowest BCUT2D eigenvalue weighted by Crippen LogP contribution is -2.35. The molecule has 0 unspecified atom stereocenters. The largest absolute Gasteiger partial charge is 0.379 e. The Morgan fingerprint density at radius 2 is 2.11 bits per heavy atom. The molecular formula is C14H15N3O2. The summed E-state index contributed by atoms with van der Waals surface area (Å²) in [5.41, 5.74) is 2.08. The van der Waals surface area contributed by atoms with E-state index in [-0.39, 0.29) is 0 Å². The molecule has 0 bridgehead atoms. The normalized spacial score (nSPS) is 16.6. The molecule has 5 heteroatoms. The molecule has 0 N–H and O–H groups in total. The molecule has 98 valence electrons. The number of pyridine rings is 1. The van der Waals surface area contributed by atoms with Gasteiger partial charge in [-0.3, -0.25) is 9.88 Å². The zero-order chi connectivity index (χ0) is 13.1. The van der Waals surface area contributed by atoms with Crippen LogP contribution in [0.1, 0.15) is 5.56 Å². The van der Waals surface area contributed by atoms with Crippen LogP contribution in [0, 0.1) is 4.91 Å². The molecule has 2 heterocycles. The summed E-state index contributed by atoms with van der Waals surface area (Å²) in [6.45, 7) is 3.99. The van der Waals surface area contributed by atoms with Gasteiger partial charge in [-0.05, 0) is 16.8 Å². The van der Waals surface area contributed by atoms with E-state index >= 15 is 0 Å². The molecular weight excluding hydrogens is 242 g/mol. The molecule has 1 aromatic heterocycles. The molecule has 3 rings (SSSR count). The lowest BCUT2D eigenvalue weighted by atomic mass is 10.1. The van der Waals surface area contributed by atoms with Gasteiger partial charge in [0.2, 0.25) is 0 Å². The van der Waals surface area contributed by atoms with Crippen molar-refractivity contribution in [1.29, 1.82) is 0 Å². The lowest BCUT2D eigenvalue weighted by molar-refractivity contribution is 0.0343. The van der Waals surface area contributed by atoms with E-state index in [0.717, 1.165) is 43.8 Å². The maximum Gasteiger partial charge on any atom is 0.138 e. The van der Waals surface area contributed by atoms with Crippen LogP contribution in [0.5, 0.6) is 0 Å². The van der Waals surface area contributed by atoms with E-state index in [1.807, 2.05) is 24.3 Å². The highest BCUT2D eigenvalue weighted by Crippen LogP contribution is 2.29. The second-order valence-electron chi connectivity index (χ2n) is 4.63. The second kappa shape index (κ2) is 5.42. The van der Waals surface area contributed by atoms with Crippen molar-refractivity contribution in [2.75, 3.05) is 26.3 Å². The number of nitroso groups, excluding NO2 is 1. The van der Waals surface area contributed by atoms with Crippen LogP contribution in [0.25, 0.3) is 10.9 Å². The molecule has 5 nitrogen and oxygen atoms in total. The number of hydrogen-bond acceptors (Lipinski definition) is 5. The van der Waals surface area contributed by atoms with Crippen molar-refractivity contribution in [2.45, 2.75) is 6.54 Å². The molecule has 1 aromatic carbocycles. The van der Waals surface area contributed by atoms with E-state index in [2.05, 4.69) is 15.1 Å². The van der Waals surface area contributed by atoms with Crippen molar-refractivity contribution in [2.24, 2.45) is 5.18 Å². The first-order valence-corrected chi connectivity index (χ1v) is 6.38. The van der Waals surface area contributed by atoms with Crippen LogP contribution in [0.4, 0.5) is 5.69 Å². The summed E-state index contributed by atoms with van der Waals surface area (Å²) in [5.74, 6) is 0. The molecule has 1 aliphatic rings. The summed E-state index contributed by atoms with van der Waals surface area (Å²) in [4.78, 5) is 17.7. The maximum atomic E-state index is 11.1. The SMILES string of the molecule is O=Nc1c(CN2CCOCC2)ccc2cccnc12. The Morgan fingerprint density at radius 3 is 2.89 bits per heavy atom. The molecule has 0 amide bonds. The summed E-state index contributed by atoms with van der Waals surface area (Å²) in [6.07, 6.45) is 1.69. The predicted octanol–water partition coefficient (Wildman–Crippen LogP) is 2.46. The van der Waals surface area contributed by atoms with Crippen molar-refractivity contribution in [3.05, 3.63) is 40.9 Å². The molecule has 2 aromatic rings. The maximum absolute atomic E-state index is 11.1. The molecule has 0 saturated carbocycles. The van der Waals surface area contributed by atoms with E-state index < -0.39 is 0 Å². The summed E-state index contributed by atoms with van der Waals surface area (Å²) >= 11 is 0. The smallest absolute Gasteiger partial charge is 0.138 e. The van der Waals surface area contributed by atoms with Gasteiger partial charge in [0, 0.05) is 31.2 Å². The lowest BCUT2D eigenvalue weighted by Gasteiger charge is -2.26. The summed E-state index contributed by atoms with van der Waals surface area (Å²) in [6, 6.07) is 7.76. The third-order valence-corrected chi connectivity index (χ3v) is 3.42. The Kier molecular flexibility index (Phi) is 3.48. The van der Waals surface area contributed by atoms with Gasteiger partial charge in [0.25, 0.3) is 0 Å². The molecule has 0 aliphatic carbocycles. The molecule has 19 heavy (non-hydrogen) atoms. The second-order valence-corrected chi connectivity index (χ2v) is 4.63. The Morgan fingerprint density at radius 1 is 1.26 bits per heavy atom. The van der Waals surface area contributed by atoms with Crippen molar-refractivity contribution in [3.8, 4) is 0 Å². The summed E-state index contributed by atoms with van der Waals surface area (Å²) in [5, 5.41) is 4.14. The first-order valence-electron chi connectivity index (χ1n) is 6.38. The Bertz CT molecular complexity index is 594.